The average Bonchev–Trinajstić information content (AvgIpc) is 3.40. The number of primary amides is 1. The van der Waals surface area contributed by atoms with Gasteiger partial charge in [0.2, 0.25) is 53.2 Å². The molecule has 0 aliphatic carbocycles. The van der Waals surface area contributed by atoms with Crippen LogP contribution in [0.4, 0.5) is 0 Å². The van der Waals surface area contributed by atoms with Gasteiger partial charge < -0.3 is 73.8 Å². The first-order valence-electron chi connectivity index (χ1n) is 26.0. The van der Waals surface area contributed by atoms with Crippen LogP contribution in [0.15, 0.2) is 11.8 Å². The maximum Gasteiger partial charge on any atom is 0.335 e. The summed E-state index contributed by atoms with van der Waals surface area (Å²) in [7, 11) is 0. The highest BCUT2D eigenvalue weighted by Gasteiger charge is 2.38. The summed E-state index contributed by atoms with van der Waals surface area (Å²) in [5, 5.41) is 87.8. The number of allylic oxidation sites excluding steroid dienone is 1. The highest BCUT2D eigenvalue weighted by atomic mass is 16.5. The molecule has 0 bridgehead atoms. The van der Waals surface area contributed by atoms with Gasteiger partial charge in [0.1, 0.15) is 48.0 Å². The molecule has 0 saturated carbocycles. The molecular weight excluding hydrogens is 1030 g/mol. The van der Waals surface area contributed by atoms with Gasteiger partial charge >= 0.3 is 5.97 Å². The van der Waals surface area contributed by atoms with Crippen LogP contribution < -0.4 is 48.3 Å². The number of unbranched alkanes of at least 4 members (excludes halogenated alkanes) is 10. The summed E-state index contributed by atoms with van der Waals surface area (Å²) < 4.78 is 0. The first-order valence-corrected chi connectivity index (χ1v) is 26.0. The van der Waals surface area contributed by atoms with Crippen LogP contribution in [0.1, 0.15) is 136 Å². The number of aliphatic hydroxyl groups is 4. The number of carboxylic acid groups (broad SMARTS) is 1. The highest BCUT2D eigenvalue weighted by Crippen LogP contribution is 2.13. The van der Waals surface area contributed by atoms with Crippen molar-refractivity contribution in [3.05, 3.63) is 11.8 Å². The number of hydrogen-bond acceptors (Lipinski definition) is 18. The van der Waals surface area contributed by atoms with Crippen LogP contribution in [-0.4, -0.2) is 198 Å². The lowest BCUT2D eigenvalue weighted by Crippen LogP contribution is -2.62. The molecular formula is C48H81N11O19. The summed E-state index contributed by atoms with van der Waals surface area (Å²) in [4.78, 5) is 154. The van der Waals surface area contributed by atoms with E-state index in [-0.39, 0.29) is 32.4 Å². The SMILES string of the molecule is C/C=C(/NC(=O)[C@H](CCCN(O)C(C)=O)NC(=O)[C@H](CO)NC(=O)[C@H](CCC(N)=O)NC(=O)[C@@H](CO)NC(=O)[C@H](NC(=O)CCCCCCCCCCCCC)[C@@H](O)C(=O)O)C(=O)N[C@H](CO)C(=O)N[C@@H]1CCCN(O)C1=O. The molecule has 0 aromatic rings. The van der Waals surface area contributed by atoms with Gasteiger partial charge in [0, 0.05) is 32.9 Å². The summed E-state index contributed by atoms with van der Waals surface area (Å²) in [6.07, 6.45) is 7.94. The molecule has 17 N–H and O–H groups in total. The van der Waals surface area contributed by atoms with Gasteiger partial charge in [-0.1, -0.05) is 77.2 Å². The molecule has 0 aromatic heterocycles. The molecule has 1 saturated heterocycles. The van der Waals surface area contributed by atoms with Crippen LogP contribution in [0.25, 0.3) is 0 Å². The number of nitrogens with two attached hydrogens (primary N) is 1. The van der Waals surface area contributed by atoms with E-state index >= 15 is 0 Å². The van der Waals surface area contributed by atoms with Gasteiger partial charge in [-0.2, -0.15) is 0 Å². The fraction of sp³-hybridized carbons (Fsp3) is 0.708. The number of aliphatic carboxylic acids is 1. The minimum Gasteiger partial charge on any atom is -0.479 e. The lowest BCUT2D eigenvalue weighted by atomic mass is 10.0. The summed E-state index contributed by atoms with van der Waals surface area (Å²) >= 11 is 0. The van der Waals surface area contributed by atoms with Crippen molar-refractivity contribution in [1.29, 1.82) is 0 Å². The average molecular weight is 1120 g/mol. The predicted octanol–water partition coefficient (Wildman–Crippen LogP) is -4.18. The van der Waals surface area contributed by atoms with Crippen LogP contribution in [0.3, 0.4) is 0 Å². The van der Waals surface area contributed by atoms with Crippen LogP contribution >= 0.6 is 0 Å². The number of hydroxylamine groups is 4. The Morgan fingerprint density at radius 2 is 1.15 bits per heavy atom. The molecule has 1 heterocycles. The normalized spacial score (nSPS) is 16.1. The first-order chi connectivity index (χ1) is 37.0. The first kappa shape index (κ1) is 69.2. The van der Waals surface area contributed by atoms with Gasteiger partial charge in [0.15, 0.2) is 6.10 Å². The molecule has 442 valence electrons. The minimum absolute atomic E-state index is 0.0233. The van der Waals surface area contributed by atoms with Crippen molar-refractivity contribution in [3.8, 4) is 0 Å². The molecule has 30 nitrogen and oxygen atoms in total. The largest absolute Gasteiger partial charge is 0.479 e. The topological polar surface area (TPSA) is 475 Å². The summed E-state index contributed by atoms with van der Waals surface area (Å²) in [6.45, 7) is 0.699. The van der Waals surface area contributed by atoms with E-state index in [4.69, 9.17) is 5.73 Å². The Morgan fingerprint density at radius 1 is 0.667 bits per heavy atom. The van der Waals surface area contributed by atoms with Gasteiger partial charge in [0.25, 0.3) is 11.8 Å². The zero-order chi connectivity index (χ0) is 58.9. The number of aliphatic hydroxyl groups excluding tert-OH is 4. The zero-order valence-corrected chi connectivity index (χ0v) is 44.5. The second kappa shape index (κ2) is 37.8. The molecule has 30 heteroatoms. The van der Waals surface area contributed by atoms with E-state index in [2.05, 4.69) is 44.1 Å². The molecule has 8 atom stereocenters. The van der Waals surface area contributed by atoms with Crippen molar-refractivity contribution < 1.29 is 93.5 Å². The molecule has 1 fully saturated rings. The van der Waals surface area contributed by atoms with Gasteiger partial charge in [-0.25, -0.2) is 14.9 Å². The molecule has 0 spiro atoms. The van der Waals surface area contributed by atoms with Crippen molar-refractivity contribution in [1.82, 2.24) is 52.7 Å². The number of carbonyl (C=O) groups is 12. The Bertz CT molecular complexity index is 2060. The quantitative estimate of drug-likeness (QED) is 0.0120. The third-order valence-electron chi connectivity index (χ3n) is 12.3. The maximum atomic E-state index is 13.7. The van der Waals surface area contributed by atoms with E-state index in [1.54, 1.807) is 0 Å². The van der Waals surface area contributed by atoms with E-state index in [1.807, 2.05) is 5.32 Å². The van der Waals surface area contributed by atoms with Crippen molar-refractivity contribution in [2.45, 2.75) is 185 Å². The second-order valence-corrected chi connectivity index (χ2v) is 18.6. The number of amides is 11. The Hall–Kier alpha value is -6.86. The fourth-order valence-electron chi connectivity index (χ4n) is 7.69. The van der Waals surface area contributed by atoms with Gasteiger partial charge in [-0.15, -0.1) is 0 Å². The van der Waals surface area contributed by atoms with E-state index in [9.17, 15) is 93.5 Å². The minimum atomic E-state index is -2.52. The standard InChI is InChI=1S/C48H81N11O19/c1-4-6-7-8-9-10-11-12-13-14-15-20-37(65)57-38(39(66)48(75)76)46(73)56-35(27-62)44(71)52-31(21-22-36(49)64)42(69)55-33(25-60)43(70)51-30(18-16-23-58(77)28(3)63)41(68)50-29(5-2)40(67)54-34(26-61)45(72)53-32-19-17-24-59(78)47(32)74/h5,30-35,38-39,60-62,66,77-78H,4,6-27H2,1-3H3,(H2,49,64)(H,50,68)(H,51,70)(H,52,71)(H,53,72)(H,54,67)(H,55,69)(H,56,73)(H,57,65)(H,75,76)/b29-5+/t30-,31-,32+,33-,34+,35+,38+,39+/m0/s1. The van der Waals surface area contributed by atoms with E-state index in [0.717, 1.165) is 51.5 Å². The van der Waals surface area contributed by atoms with Crippen LogP contribution in [0.2, 0.25) is 0 Å². The summed E-state index contributed by atoms with van der Waals surface area (Å²) in [5.41, 5.74) is 4.73. The molecule has 1 aliphatic heterocycles. The Labute approximate surface area is 451 Å². The maximum absolute atomic E-state index is 13.7. The van der Waals surface area contributed by atoms with Crippen LogP contribution in [0.5, 0.6) is 0 Å². The van der Waals surface area contributed by atoms with Gasteiger partial charge in [-0.3, -0.25) is 63.2 Å². The smallest absolute Gasteiger partial charge is 0.335 e. The molecule has 78 heavy (non-hydrogen) atoms. The van der Waals surface area contributed by atoms with Crippen molar-refractivity contribution in [3.63, 3.8) is 0 Å². The van der Waals surface area contributed by atoms with E-state index in [1.165, 1.54) is 26.2 Å². The molecule has 0 unspecified atom stereocenters. The van der Waals surface area contributed by atoms with Gasteiger partial charge in [0.05, 0.1) is 19.8 Å². The van der Waals surface area contributed by atoms with Crippen LogP contribution in [0, 0.1) is 0 Å². The number of carbonyl (C=O) groups excluding carboxylic acids is 11. The Morgan fingerprint density at radius 3 is 1.65 bits per heavy atom. The summed E-state index contributed by atoms with van der Waals surface area (Å²) in [6, 6.07) is -12.5. The second-order valence-electron chi connectivity index (χ2n) is 18.6. The number of piperidine rings is 1. The van der Waals surface area contributed by atoms with Crippen molar-refractivity contribution in [2.24, 2.45) is 5.73 Å². The predicted molar refractivity (Wildman–Crippen MR) is 271 cm³/mol. The summed E-state index contributed by atoms with van der Waals surface area (Å²) in [5.74, 6) is -14.0. The molecule has 1 aliphatic rings. The number of carboxylic acids is 1. The third-order valence-corrected chi connectivity index (χ3v) is 12.3. The molecule has 0 radical (unpaired) electrons. The monoisotopic (exact) mass is 1120 g/mol. The highest BCUT2D eigenvalue weighted by molar-refractivity contribution is 6.02. The Balaban J connectivity index is 3.18. The number of nitrogens with one attached hydrogen (secondary N) is 8. The van der Waals surface area contributed by atoms with E-state index in [0.29, 0.717) is 29.4 Å². The van der Waals surface area contributed by atoms with E-state index < -0.39 is 164 Å². The van der Waals surface area contributed by atoms with Gasteiger partial charge in [-0.05, 0) is 45.4 Å². The molecule has 0 aromatic carbocycles. The number of nitrogens with zero attached hydrogens (tertiary/aromatic N) is 2. The Kier molecular flexibility index (Phi) is 33.5. The van der Waals surface area contributed by atoms with Crippen molar-refractivity contribution in [2.75, 3.05) is 32.9 Å². The fourth-order valence-corrected chi connectivity index (χ4v) is 7.69. The molecule has 1 rings (SSSR count). The lowest BCUT2D eigenvalue weighted by molar-refractivity contribution is -0.173. The lowest BCUT2D eigenvalue weighted by Gasteiger charge is -2.29. The number of hydrogen-bond donors (Lipinski definition) is 16. The van der Waals surface area contributed by atoms with Crippen LogP contribution in [-0.2, 0) is 57.5 Å². The zero-order valence-electron chi connectivity index (χ0n) is 44.5. The third kappa shape index (κ3) is 26.0. The van der Waals surface area contributed by atoms with Crippen molar-refractivity contribution >= 4 is 70.9 Å². The number of rotatable bonds is 39. The molecule has 11 amide bonds.